The van der Waals surface area contributed by atoms with Gasteiger partial charge in [-0.3, -0.25) is 0 Å². The van der Waals surface area contributed by atoms with E-state index in [0.29, 0.717) is 0 Å². The lowest BCUT2D eigenvalue weighted by Crippen LogP contribution is -1.94. The van der Waals surface area contributed by atoms with Gasteiger partial charge < -0.3 is 0 Å². The highest BCUT2D eigenvalue weighted by Gasteiger charge is 2.09. The Labute approximate surface area is 92.3 Å². The fourth-order valence-corrected chi connectivity index (χ4v) is 2.03. The van der Waals surface area contributed by atoms with Crippen molar-refractivity contribution in [3.8, 4) is 0 Å². The maximum atomic E-state index is 6.36. The molecule has 0 radical (unpaired) electrons. The summed E-state index contributed by atoms with van der Waals surface area (Å²) in [5, 5.41) is 0.190. The first-order valence-electron chi connectivity index (χ1n) is 5.36. The van der Waals surface area contributed by atoms with Crippen molar-refractivity contribution in [3.05, 3.63) is 34.9 Å². The number of aryl methyl sites for hydroxylation is 2. The summed E-state index contributed by atoms with van der Waals surface area (Å²) in [5.41, 5.74) is 3.92. The molecule has 1 atom stereocenters. The maximum Gasteiger partial charge on any atom is 0.0587 e. The van der Waals surface area contributed by atoms with E-state index in [2.05, 4.69) is 39.0 Å². The van der Waals surface area contributed by atoms with Crippen molar-refractivity contribution in [2.24, 2.45) is 0 Å². The minimum absolute atomic E-state index is 0.190. The highest BCUT2D eigenvalue weighted by atomic mass is 35.5. The van der Waals surface area contributed by atoms with Gasteiger partial charge in [-0.25, -0.2) is 0 Å². The fraction of sp³-hybridized carbons (Fsp3) is 0.538. The molecule has 0 fully saturated rings. The Kier molecular flexibility index (Phi) is 4.47. The summed E-state index contributed by atoms with van der Waals surface area (Å²) in [6.07, 6.45) is 3.51. The van der Waals surface area contributed by atoms with E-state index in [4.69, 9.17) is 11.6 Å². The van der Waals surface area contributed by atoms with Crippen molar-refractivity contribution in [3.63, 3.8) is 0 Å². The molecule has 1 unspecified atom stereocenters. The molecule has 0 saturated carbocycles. The van der Waals surface area contributed by atoms with E-state index in [1.165, 1.54) is 29.5 Å². The van der Waals surface area contributed by atoms with Gasteiger partial charge in [0.25, 0.3) is 0 Å². The molecule has 0 saturated heterocycles. The smallest absolute Gasteiger partial charge is 0.0587 e. The van der Waals surface area contributed by atoms with E-state index < -0.39 is 0 Å². The van der Waals surface area contributed by atoms with Crippen molar-refractivity contribution in [2.45, 2.75) is 45.4 Å². The predicted molar refractivity (Wildman–Crippen MR) is 64.0 cm³/mol. The van der Waals surface area contributed by atoms with E-state index in [1.807, 2.05) is 0 Å². The zero-order valence-electron chi connectivity index (χ0n) is 9.31. The van der Waals surface area contributed by atoms with Gasteiger partial charge in [0, 0.05) is 0 Å². The molecule has 0 aliphatic carbocycles. The van der Waals surface area contributed by atoms with Gasteiger partial charge in [0.2, 0.25) is 0 Å². The first-order valence-corrected chi connectivity index (χ1v) is 5.80. The Morgan fingerprint density at radius 2 is 2.00 bits per heavy atom. The van der Waals surface area contributed by atoms with Crippen LogP contribution in [0, 0.1) is 13.8 Å². The average molecular weight is 211 g/mol. The Hall–Kier alpha value is -0.490. The van der Waals surface area contributed by atoms with Crippen molar-refractivity contribution in [1.82, 2.24) is 0 Å². The minimum atomic E-state index is 0.190. The molecular formula is C13H19Cl. The van der Waals surface area contributed by atoms with Crippen LogP contribution in [0.4, 0.5) is 0 Å². The van der Waals surface area contributed by atoms with E-state index in [1.54, 1.807) is 0 Å². The number of hydrogen-bond donors (Lipinski definition) is 0. The lowest BCUT2D eigenvalue weighted by Gasteiger charge is -2.13. The molecule has 0 aliphatic rings. The molecule has 0 aromatic heterocycles. The molecule has 1 aromatic carbocycles. The Balaban J connectivity index is 2.77. The number of rotatable bonds is 4. The summed E-state index contributed by atoms with van der Waals surface area (Å²) >= 11 is 6.36. The average Bonchev–Trinajstić information content (AvgIpc) is 2.18. The van der Waals surface area contributed by atoms with Crippen molar-refractivity contribution in [1.29, 1.82) is 0 Å². The van der Waals surface area contributed by atoms with Crippen LogP contribution in [-0.2, 0) is 0 Å². The monoisotopic (exact) mass is 210 g/mol. The summed E-state index contributed by atoms with van der Waals surface area (Å²) in [7, 11) is 0. The van der Waals surface area contributed by atoms with Gasteiger partial charge in [-0.15, -0.1) is 11.6 Å². The van der Waals surface area contributed by atoms with Crippen molar-refractivity contribution in [2.75, 3.05) is 0 Å². The van der Waals surface area contributed by atoms with Crippen LogP contribution in [0.25, 0.3) is 0 Å². The SMILES string of the molecule is CCCCC(Cl)c1cc(C)ccc1C. The van der Waals surface area contributed by atoms with Gasteiger partial charge in [-0.2, -0.15) is 0 Å². The molecular weight excluding hydrogens is 192 g/mol. The quantitative estimate of drug-likeness (QED) is 0.628. The third-order valence-electron chi connectivity index (χ3n) is 2.58. The number of hydrogen-bond acceptors (Lipinski definition) is 0. The van der Waals surface area contributed by atoms with E-state index in [0.717, 1.165) is 6.42 Å². The molecule has 1 rings (SSSR count). The first-order chi connectivity index (χ1) is 6.65. The van der Waals surface area contributed by atoms with Crippen LogP contribution in [0.15, 0.2) is 18.2 Å². The second-order valence-corrected chi connectivity index (χ2v) is 4.50. The predicted octanol–water partition coefficient (Wildman–Crippen LogP) is 4.77. The van der Waals surface area contributed by atoms with Crippen LogP contribution in [-0.4, -0.2) is 0 Å². The van der Waals surface area contributed by atoms with Crippen LogP contribution in [0.2, 0.25) is 0 Å². The summed E-state index contributed by atoms with van der Waals surface area (Å²) in [5.74, 6) is 0. The first kappa shape index (κ1) is 11.6. The molecule has 78 valence electrons. The molecule has 0 heterocycles. The second-order valence-electron chi connectivity index (χ2n) is 3.97. The number of halogens is 1. The molecule has 1 heteroatoms. The standard InChI is InChI=1S/C13H19Cl/c1-4-5-6-13(14)12-9-10(2)7-8-11(12)3/h7-9,13H,4-6H2,1-3H3. The largest absolute Gasteiger partial charge is 0.118 e. The summed E-state index contributed by atoms with van der Waals surface area (Å²) in [4.78, 5) is 0. The Morgan fingerprint density at radius 3 is 2.64 bits per heavy atom. The molecule has 0 nitrogen and oxygen atoms in total. The number of unbranched alkanes of at least 4 members (excludes halogenated alkanes) is 1. The van der Waals surface area contributed by atoms with Crippen LogP contribution < -0.4 is 0 Å². The Bertz CT molecular complexity index is 291. The molecule has 0 aliphatic heterocycles. The highest BCUT2D eigenvalue weighted by molar-refractivity contribution is 6.20. The molecule has 0 bridgehead atoms. The van der Waals surface area contributed by atoms with Crippen LogP contribution in [0.3, 0.4) is 0 Å². The van der Waals surface area contributed by atoms with Crippen molar-refractivity contribution < 1.29 is 0 Å². The molecule has 0 spiro atoms. The molecule has 14 heavy (non-hydrogen) atoms. The third kappa shape index (κ3) is 3.02. The van der Waals surface area contributed by atoms with Gasteiger partial charge >= 0.3 is 0 Å². The van der Waals surface area contributed by atoms with Gasteiger partial charge in [0.05, 0.1) is 5.38 Å². The number of benzene rings is 1. The second kappa shape index (κ2) is 5.41. The lowest BCUT2D eigenvalue weighted by molar-refractivity contribution is 0.698. The zero-order valence-corrected chi connectivity index (χ0v) is 10.1. The summed E-state index contributed by atoms with van der Waals surface area (Å²) in [6, 6.07) is 6.51. The van der Waals surface area contributed by atoms with Gasteiger partial charge in [0.15, 0.2) is 0 Å². The zero-order chi connectivity index (χ0) is 10.6. The topological polar surface area (TPSA) is 0 Å². The fourth-order valence-electron chi connectivity index (χ4n) is 1.64. The normalized spacial score (nSPS) is 12.9. The van der Waals surface area contributed by atoms with Gasteiger partial charge in [-0.05, 0) is 31.4 Å². The summed E-state index contributed by atoms with van der Waals surface area (Å²) < 4.78 is 0. The molecule has 1 aromatic rings. The van der Waals surface area contributed by atoms with E-state index in [9.17, 15) is 0 Å². The van der Waals surface area contributed by atoms with Crippen molar-refractivity contribution >= 4 is 11.6 Å². The van der Waals surface area contributed by atoms with Gasteiger partial charge in [0.1, 0.15) is 0 Å². The third-order valence-corrected chi connectivity index (χ3v) is 3.04. The number of alkyl halides is 1. The lowest BCUT2D eigenvalue weighted by atomic mass is 10.00. The highest BCUT2D eigenvalue weighted by Crippen LogP contribution is 2.29. The minimum Gasteiger partial charge on any atom is -0.118 e. The molecule has 0 N–H and O–H groups in total. The maximum absolute atomic E-state index is 6.36. The Morgan fingerprint density at radius 1 is 1.29 bits per heavy atom. The van der Waals surface area contributed by atoms with E-state index in [-0.39, 0.29) is 5.38 Å². The van der Waals surface area contributed by atoms with Crippen LogP contribution >= 0.6 is 11.6 Å². The molecule has 0 amide bonds. The summed E-state index contributed by atoms with van der Waals surface area (Å²) in [6.45, 7) is 6.45. The van der Waals surface area contributed by atoms with Crippen LogP contribution in [0.5, 0.6) is 0 Å². The van der Waals surface area contributed by atoms with Crippen LogP contribution in [0.1, 0.15) is 48.3 Å². The van der Waals surface area contributed by atoms with Gasteiger partial charge in [-0.1, -0.05) is 43.5 Å². The van der Waals surface area contributed by atoms with E-state index >= 15 is 0 Å².